The molecule has 3 N–H and O–H groups in total. The second-order valence-electron chi connectivity index (χ2n) is 5.66. The van der Waals surface area contributed by atoms with Crippen LogP contribution in [0.1, 0.15) is 21.5 Å². The van der Waals surface area contributed by atoms with Gasteiger partial charge in [0.25, 0.3) is 5.91 Å². The zero-order valence-electron chi connectivity index (χ0n) is 14.7. The number of methoxy groups -OCH3 is 1. The summed E-state index contributed by atoms with van der Waals surface area (Å²) in [5, 5.41) is 7.74. The Morgan fingerprint density at radius 1 is 1.15 bits per heavy atom. The molecule has 0 aliphatic rings. The average Bonchev–Trinajstić information content (AvgIpc) is 2.57. The number of aryl methyl sites for hydroxylation is 1. The zero-order chi connectivity index (χ0) is 20.4. The number of hydrogen-bond donors (Lipinski definition) is 2. The molecule has 0 unspecified atom stereocenters. The van der Waals surface area contributed by atoms with Crippen molar-refractivity contribution in [3.8, 4) is 11.5 Å². The number of anilines is 1. The van der Waals surface area contributed by atoms with Gasteiger partial charge in [0.2, 0.25) is 10.0 Å². The third kappa shape index (κ3) is 4.92. The minimum atomic E-state index is -3.95. The van der Waals surface area contributed by atoms with Crippen molar-refractivity contribution < 1.29 is 31.5 Å². The lowest BCUT2D eigenvalue weighted by Crippen LogP contribution is -2.16. The van der Waals surface area contributed by atoms with Crippen LogP contribution < -0.4 is 19.9 Å². The number of nitrogens with one attached hydrogen (secondary N) is 1. The second kappa shape index (κ2) is 7.89. The monoisotopic (exact) mass is 400 g/mol. The van der Waals surface area contributed by atoms with Gasteiger partial charge in [-0.05, 0) is 55.3 Å². The van der Waals surface area contributed by atoms with Crippen molar-refractivity contribution in [2.24, 2.45) is 5.14 Å². The van der Waals surface area contributed by atoms with Crippen LogP contribution in [-0.4, -0.2) is 28.0 Å². The standard InChI is InChI=1S/C17H18F2N2O5S/c1-9-6-12(27(20,23)24)8-13(10(9)2)21-16(22)11-4-5-14(26-17(18)19)15(7-11)25-3/h4-8,17H,1-3H3,(H,21,22)(H2,20,23,24). The number of sulfonamides is 1. The van der Waals surface area contributed by atoms with Gasteiger partial charge in [0.1, 0.15) is 0 Å². The number of rotatable bonds is 6. The summed E-state index contributed by atoms with van der Waals surface area (Å²) in [4.78, 5) is 12.4. The van der Waals surface area contributed by atoms with Crippen molar-refractivity contribution in [1.29, 1.82) is 0 Å². The SMILES string of the molecule is COc1cc(C(=O)Nc2cc(S(N)(=O)=O)cc(C)c2C)ccc1OC(F)F. The average molecular weight is 400 g/mol. The van der Waals surface area contributed by atoms with Crippen molar-refractivity contribution in [2.75, 3.05) is 12.4 Å². The molecule has 0 saturated heterocycles. The van der Waals surface area contributed by atoms with Crippen LogP contribution in [0, 0.1) is 13.8 Å². The number of amides is 1. The van der Waals surface area contributed by atoms with Crippen LogP contribution in [-0.2, 0) is 10.0 Å². The number of benzene rings is 2. The van der Waals surface area contributed by atoms with Crippen molar-refractivity contribution >= 4 is 21.6 Å². The van der Waals surface area contributed by atoms with Crippen LogP contribution >= 0.6 is 0 Å². The van der Waals surface area contributed by atoms with Gasteiger partial charge in [-0.2, -0.15) is 8.78 Å². The Labute approximate surface area is 155 Å². The summed E-state index contributed by atoms with van der Waals surface area (Å²) in [5.41, 5.74) is 1.64. The minimum Gasteiger partial charge on any atom is -0.493 e. The Morgan fingerprint density at radius 2 is 1.81 bits per heavy atom. The molecule has 1 amide bonds. The molecule has 0 aliphatic carbocycles. The van der Waals surface area contributed by atoms with E-state index in [2.05, 4.69) is 10.1 Å². The molecule has 146 valence electrons. The molecule has 10 heteroatoms. The zero-order valence-corrected chi connectivity index (χ0v) is 15.6. The Kier molecular flexibility index (Phi) is 6.01. The van der Waals surface area contributed by atoms with E-state index in [1.807, 2.05) is 0 Å². The van der Waals surface area contributed by atoms with Crippen LogP contribution in [0.25, 0.3) is 0 Å². The summed E-state index contributed by atoms with van der Waals surface area (Å²) in [7, 11) is -2.70. The topological polar surface area (TPSA) is 108 Å². The second-order valence-corrected chi connectivity index (χ2v) is 7.22. The Balaban J connectivity index is 2.36. The van der Waals surface area contributed by atoms with Gasteiger partial charge in [-0.1, -0.05) is 0 Å². The largest absolute Gasteiger partial charge is 0.493 e. The van der Waals surface area contributed by atoms with E-state index in [-0.39, 0.29) is 27.6 Å². The van der Waals surface area contributed by atoms with Crippen molar-refractivity contribution in [3.63, 3.8) is 0 Å². The van der Waals surface area contributed by atoms with Gasteiger partial charge in [-0.25, -0.2) is 13.6 Å². The van der Waals surface area contributed by atoms with Crippen molar-refractivity contribution in [2.45, 2.75) is 25.4 Å². The molecule has 0 bridgehead atoms. The van der Waals surface area contributed by atoms with Crippen LogP contribution in [0.4, 0.5) is 14.5 Å². The molecule has 0 atom stereocenters. The summed E-state index contributed by atoms with van der Waals surface area (Å²) < 4.78 is 57.2. The molecule has 2 aromatic carbocycles. The molecule has 0 spiro atoms. The number of primary sulfonamides is 1. The molecule has 2 rings (SSSR count). The number of hydrogen-bond acceptors (Lipinski definition) is 5. The summed E-state index contributed by atoms with van der Waals surface area (Å²) in [6.45, 7) is 0.349. The number of halogens is 2. The molecule has 0 heterocycles. The molecular formula is C17H18F2N2O5S. The summed E-state index contributed by atoms with van der Waals surface area (Å²) >= 11 is 0. The van der Waals surface area contributed by atoms with E-state index in [9.17, 15) is 22.0 Å². The van der Waals surface area contributed by atoms with E-state index in [1.165, 1.54) is 37.4 Å². The van der Waals surface area contributed by atoms with Crippen molar-refractivity contribution in [1.82, 2.24) is 0 Å². The van der Waals surface area contributed by atoms with Gasteiger partial charge in [-0.3, -0.25) is 4.79 Å². The Hall–Kier alpha value is -2.72. The number of carbonyl (C=O) groups is 1. The number of carbonyl (C=O) groups excluding carboxylic acids is 1. The fourth-order valence-electron chi connectivity index (χ4n) is 2.32. The molecule has 0 radical (unpaired) electrons. The summed E-state index contributed by atoms with van der Waals surface area (Å²) in [6.07, 6.45) is 0. The molecule has 0 saturated carbocycles. The van der Waals surface area contributed by atoms with Gasteiger partial charge in [0.05, 0.1) is 12.0 Å². The molecule has 2 aromatic rings. The van der Waals surface area contributed by atoms with Gasteiger partial charge in [-0.15, -0.1) is 0 Å². The van der Waals surface area contributed by atoms with E-state index in [0.29, 0.717) is 11.1 Å². The highest BCUT2D eigenvalue weighted by Gasteiger charge is 2.17. The minimum absolute atomic E-state index is 0.0471. The van der Waals surface area contributed by atoms with Crippen molar-refractivity contribution in [3.05, 3.63) is 47.0 Å². The first kappa shape index (κ1) is 20.6. The molecule has 27 heavy (non-hydrogen) atoms. The lowest BCUT2D eigenvalue weighted by molar-refractivity contribution is -0.0512. The summed E-state index contributed by atoms with van der Waals surface area (Å²) in [6, 6.07) is 6.35. The van der Waals surface area contributed by atoms with Gasteiger partial charge >= 0.3 is 6.61 Å². The quantitative estimate of drug-likeness (QED) is 0.775. The van der Waals surface area contributed by atoms with Crippen LogP contribution in [0.5, 0.6) is 11.5 Å². The third-order valence-corrected chi connectivity index (χ3v) is 4.75. The highest BCUT2D eigenvalue weighted by molar-refractivity contribution is 7.89. The molecule has 0 fully saturated rings. The molecular weight excluding hydrogens is 382 g/mol. The first-order valence-electron chi connectivity index (χ1n) is 7.61. The Bertz CT molecular complexity index is 978. The predicted octanol–water partition coefficient (Wildman–Crippen LogP) is 2.81. The van der Waals surface area contributed by atoms with E-state index >= 15 is 0 Å². The summed E-state index contributed by atoms with van der Waals surface area (Å²) in [5.74, 6) is -0.854. The van der Waals surface area contributed by atoms with Crippen LogP contribution in [0.3, 0.4) is 0 Å². The molecule has 0 aliphatic heterocycles. The maximum Gasteiger partial charge on any atom is 0.387 e. The van der Waals surface area contributed by atoms with Gasteiger partial charge in [0, 0.05) is 11.3 Å². The van der Waals surface area contributed by atoms with E-state index < -0.39 is 22.5 Å². The van der Waals surface area contributed by atoms with Crippen LogP contribution in [0.15, 0.2) is 35.2 Å². The van der Waals surface area contributed by atoms with E-state index in [1.54, 1.807) is 13.8 Å². The first-order valence-corrected chi connectivity index (χ1v) is 9.15. The highest BCUT2D eigenvalue weighted by atomic mass is 32.2. The van der Waals surface area contributed by atoms with Gasteiger partial charge < -0.3 is 14.8 Å². The molecule has 0 aromatic heterocycles. The number of ether oxygens (including phenoxy) is 2. The number of nitrogens with two attached hydrogens (primary N) is 1. The van der Waals surface area contributed by atoms with Gasteiger partial charge in [0.15, 0.2) is 11.5 Å². The predicted molar refractivity (Wildman–Crippen MR) is 94.9 cm³/mol. The number of alkyl halides is 2. The smallest absolute Gasteiger partial charge is 0.387 e. The third-order valence-electron chi connectivity index (χ3n) is 3.86. The maximum absolute atomic E-state index is 12.5. The molecule has 7 nitrogen and oxygen atoms in total. The highest BCUT2D eigenvalue weighted by Crippen LogP contribution is 2.30. The van der Waals surface area contributed by atoms with E-state index in [0.717, 1.165) is 0 Å². The fourth-order valence-corrected chi connectivity index (χ4v) is 2.94. The lowest BCUT2D eigenvalue weighted by atomic mass is 10.1. The fraction of sp³-hybridized carbons (Fsp3) is 0.235. The maximum atomic E-state index is 12.5. The van der Waals surface area contributed by atoms with Crippen LogP contribution in [0.2, 0.25) is 0 Å². The Morgan fingerprint density at radius 3 is 2.37 bits per heavy atom. The first-order chi connectivity index (χ1) is 12.5. The van der Waals surface area contributed by atoms with E-state index in [4.69, 9.17) is 9.88 Å². The normalized spacial score (nSPS) is 11.4. The lowest BCUT2D eigenvalue weighted by Gasteiger charge is -2.14.